The second-order valence-corrected chi connectivity index (χ2v) is 5.58. The highest BCUT2D eigenvalue weighted by Crippen LogP contribution is 2.34. The van der Waals surface area contributed by atoms with E-state index in [1.165, 1.54) is 17.8 Å². The van der Waals surface area contributed by atoms with Crippen molar-refractivity contribution in [1.29, 1.82) is 0 Å². The lowest BCUT2D eigenvalue weighted by Gasteiger charge is -2.04. The highest BCUT2D eigenvalue weighted by molar-refractivity contribution is 8.01. The largest absolute Gasteiger partial charge is 0.388 e. The molecule has 6 heteroatoms. The minimum absolute atomic E-state index is 0.107. The van der Waals surface area contributed by atoms with Crippen LogP contribution in [-0.2, 0) is 0 Å². The Morgan fingerprint density at radius 1 is 1.41 bits per heavy atom. The minimum Gasteiger partial charge on any atom is -0.388 e. The molecule has 0 saturated heterocycles. The molecule has 1 N–H and O–H groups in total. The van der Waals surface area contributed by atoms with Crippen molar-refractivity contribution in [3.63, 3.8) is 0 Å². The molecule has 88 valence electrons. The normalized spacial score (nSPS) is 10.2. The molecular formula is C11H10N2O2S2. The predicted molar refractivity (Wildman–Crippen MR) is 71.1 cm³/mol. The summed E-state index contributed by atoms with van der Waals surface area (Å²) in [5, 5.41) is 15.7. The fourth-order valence-electron chi connectivity index (χ4n) is 1.33. The highest BCUT2D eigenvalue weighted by Gasteiger charge is 2.10. The maximum absolute atomic E-state index is 10.8. The average Bonchev–Trinajstić information content (AvgIpc) is 2.81. The van der Waals surface area contributed by atoms with Crippen LogP contribution in [0.3, 0.4) is 0 Å². The first-order chi connectivity index (χ1) is 8.19. The number of nitro groups is 1. The van der Waals surface area contributed by atoms with Gasteiger partial charge in [0.05, 0.1) is 9.13 Å². The molecule has 1 heterocycles. The monoisotopic (exact) mass is 266 g/mol. The summed E-state index contributed by atoms with van der Waals surface area (Å²) in [6, 6.07) is 8.97. The third-order valence-electron chi connectivity index (χ3n) is 2.10. The Bertz CT molecular complexity index is 526. The molecule has 0 saturated carbocycles. The number of hydrogen-bond acceptors (Lipinski definition) is 5. The number of hydrogen-bond donors (Lipinski definition) is 1. The Morgan fingerprint density at radius 2 is 2.24 bits per heavy atom. The van der Waals surface area contributed by atoms with Crippen LogP contribution >= 0.6 is 23.1 Å². The Balaban J connectivity index is 2.33. The molecule has 1 aromatic heterocycles. The maximum Gasteiger partial charge on any atom is 0.272 e. The van der Waals surface area contributed by atoms with E-state index in [9.17, 15) is 10.1 Å². The van der Waals surface area contributed by atoms with Gasteiger partial charge >= 0.3 is 0 Å². The van der Waals surface area contributed by atoms with Crippen LogP contribution in [0.4, 0.5) is 11.4 Å². The second-order valence-electron chi connectivity index (χ2n) is 3.26. The van der Waals surface area contributed by atoms with Crippen molar-refractivity contribution in [2.45, 2.75) is 9.10 Å². The summed E-state index contributed by atoms with van der Waals surface area (Å²) in [7, 11) is 1.75. The summed E-state index contributed by atoms with van der Waals surface area (Å²) in [5.74, 6) is 0. The maximum atomic E-state index is 10.8. The van der Waals surface area contributed by atoms with E-state index in [-0.39, 0.29) is 10.6 Å². The van der Waals surface area contributed by atoms with E-state index in [1.807, 2.05) is 23.6 Å². The van der Waals surface area contributed by atoms with Gasteiger partial charge in [-0.2, -0.15) is 0 Å². The lowest BCUT2D eigenvalue weighted by atomic mass is 10.3. The van der Waals surface area contributed by atoms with E-state index in [0.29, 0.717) is 0 Å². The Labute approximate surface area is 107 Å². The van der Waals surface area contributed by atoms with Crippen LogP contribution in [0.5, 0.6) is 0 Å². The fraction of sp³-hybridized carbons (Fsp3) is 0.0909. The molecule has 0 amide bonds. The number of nitrogens with zero attached hydrogens (tertiary/aromatic N) is 1. The molecule has 1 aromatic carbocycles. The quantitative estimate of drug-likeness (QED) is 0.674. The van der Waals surface area contributed by atoms with E-state index < -0.39 is 0 Å². The molecule has 2 aromatic rings. The van der Waals surface area contributed by atoms with Gasteiger partial charge in [-0.05, 0) is 17.5 Å². The van der Waals surface area contributed by atoms with Crippen molar-refractivity contribution in [1.82, 2.24) is 0 Å². The Morgan fingerprint density at radius 3 is 2.82 bits per heavy atom. The molecule has 0 unspecified atom stereocenters. The van der Waals surface area contributed by atoms with Gasteiger partial charge in [-0.15, -0.1) is 11.3 Å². The van der Waals surface area contributed by atoms with Gasteiger partial charge in [0.15, 0.2) is 0 Å². The number of nitrogens with one attached hydrogen (secondary N) is 1. The topological polar surface area (TPSA) is 55.2 Å². The van der Waals surface area contributed by atoms with Crippen molar-refractivity contribution in [2.24, 2.45) is 0 Å². The van der Waals surface area contributed by atoms with Gasteiger partial charge in [0.1, 0.15) is 0 Å². The van der Waals surface area contributed by atoms with Gasteiger partial charge in [0, 0.05) is 29.8 Å². The van der Waals surface area contributed by atoms with Gasteiger partial charge in [-0.1, -0.05) is 17.8 Å². The number of anilines is 1. The van der Waals surface area contributed by atoms with E-state index in [4.69, 9.17) is 0 Å². The molecule has 0 aliphatic heterocycles. The number of nitro benzene ring substituents is 1. The van der Waals surface area contributed by atoms with Crippen molar-refractivity contribution >= 4 is 34.5 Å². The summed E-state index contributed by atoms with van der Waals surface area (Å²) >= 11 is 3.15. The number of rotatable bonds is 4. The zero-order chi connectivity index (χ0) is 12.3. The van der Waals surface area contributed by atoms with E-state index >= 15 is 0 Å². The molecule has 0 aliphatic rings. The Hall–Kier alpha value is -1.53. The van der Waals surface area contributed by atoms with Gasteiger partial charge in [0.2, 0.25) is 0 Å². The van der Waals surface area contributed by atoms with Gasteiger partial charge in [0.25, 0.3) is 5.69 Å². The number of thiophene rings is 1. The van der Waals surface area contributed by atoms with Crippen LogP contribution in [0.15, 0.2) is 44.8 Å². The third-order valence-corrected chi connectivity index (χ3v) is 4.11. The molecule has 0 spiro atoms. The standard InChI is InChI=1S/C11H10N2O2S2/c1-12-8-5-9(13(14)15)7-10(6-8)17-11-3-2-4-16-11/h2-7,12H,1H3. The molecule has 0 bridgehead atoms. The van der Waals surface area contributed by atoms with Crippen molar-refractivity contribution in [3.05, 3.63) is 45.8 Å². The second kappa shape index (κ2) is 5.20. The minimum atomic E-state index is -0.376. The lowest BCUT2D eigenvalue weighted by molar-refractivity contribution is -0.385. The molecule has 0 radical (unpaired) electrons. The SMILES string of the molecule is CNc1cc(Sc2cccs2)cc([N+](=O)[O-])c1. The van der Waals surface area contributed by atoms with E-state index in [2.05, 4.69) is 5.32 Å². The van der Waals surface area contributed by atoms with Crippen LogP contribution in [-0.4, -0.2) is 12.0 Å². The van der Waals surface area contributed by atoms with E-state index in [0.717, 1.165) is 14.8 Å². The average molecular weight is 266 g/mol. The Kier molecular flexibility index (Phi) is 3.65. The van der Waals surface area contributed by atoms with Crippen molar-refractivity contribution < 1.29 is 4.92 Å². The van der Waals surface area contributed by atoms with Gasteiger partial charge in [-0.3, -0.25) is 10.1 Å². The first-order valence-corrected chi connectivity index (χ1v) is 6.57. The summed E-state index contributed by atoms with van der Waals surface area (Å²) in [6.07, 6.45) is 0. The molecular weight excluding hydrogens is 256 g/mol. The molecule has 17 heavy (non-hydrogen) atoms. The van der Waals surface area contributed by atoms with Crippen molar-refractivity contribution in [3.8, 4) is 0 Å². The molecule has 4 nitrogen and oxygen atoms in total. The van der Waals surface area contributed by atoms with Gasteiger partial charge in [-0.25, -0.2) is 0 Å². The summed E-state index contributed by atoms with van der Waals surface area (Å²) in [6.45, 7) is 0. The van der Waals surface area contributed by atoms with Gasteiger partial charge < -0.3 is 5.32 Å². The zero-order valence-electron chi connectivity index (χ0n) is 9.04. The van der Waals surface area contributed by atoms with Crippen LogP contribution in [0.25, 0.3) is 0 Å². The summed E-state index contributed by atoms with van der Waals surface area (Å²) in [5.41, 5.74) is 0.856. The molecule has 2 rings (SSSR count). The first kappa shape index (κ1) is 11.9. The first-order valence-electron chi connectivity index (χ1n) is 4.87. The van der Waals surface area contributed by atoms with Crippen LogP contribution in [0, 0.1) is 10.1 Å². The van der Waals surface area contributed by atoms with Crippen LogP contribution < -0.4 is 5.32 Å². The third kappa shape index (κ3) is 2.98. The van der Waals surface area contributed by atoms with E-state index in [1.54, 1.807) is 24.5 Å². The zero-order valence-corrected chi connectivity index (χ0v) is 10.7. The number of non-ortho nitro benzene ring substituents is 1. The summed E-state index contributed by atoms with van der Waals surface area (Å²) in [4.78, 5) is 11.3. The molecule has 0 aliphatic carbocycles. The fourth-order valence-corrected chi connectivity index (χ4v) is 3.17. The van der Waals surface area contributed by atoms with Crippen LogP contribution in [0.1, 0.15) is 0 Å². The lowest BCUT2D eigenvalue weighted by Crippen LogP contribution is -1.93. The van der Waals surface area contributed by atoms with Crippen LogP contribution in [0.2, 0.25) is 0 Å². The molecule has 0 atom stereocenters. The predicted octanol–water partition coefficient (Wildman–Crippen LogP) is 3.85. The smallest absolute Gasteiger partial charge is 0.272 e. The highest BCUT2D eigenvalue weighted by atomic mass is 32.2. The molecule has 0 fully saturated rings. The summed E-state index contributed by atoms with van der Waals surface area (Å²) < 4.78 is 1.12. The number of benzene rings is 1. The van der Waals surface area contributed by atoms with Crippen molar-refractivity contribution in [2.75, 3.05) is 12.4 Å².